The molecule has 4 heteroatoms. The van der Waals surface area contributed by atoms with Crippen molar-refractivity contribution in [3.8, 4) is 0 Å². The monoisotopic (exact) mass is 192 g/mol. The molecule has 11 heavy (non-hydrogen) atoms. The van der Waals surface area contributed by atoms with Gasteiger partial charge < -0.3 is 36.3 Å². The Morgan fingerprint density at radius 3 is 1.82 bits per heavy atom. The van der Waals surface area contributed by atoms with Crippen LogP contribution in [0.5, 0.6) is 0 Å². The summed E-state index contributed by atoms with van der Waals surface area (Å²) in [5.41, 5.74) is 12.7. The average molecular weight is 193 g/mol. The first-order chi connectivity index (χ1) is 4.33. The molecule has 2 nitrogen and oxygen atoms in total. The van der Waals surface area contributed by atoms with Gasteiger partial charge in [-0.3, -0.25) is 0 Å². The van der Waals surface area contributed by atoms with Gasteiger partial charge in [-0.1, -0.05) is 12.1 Å². The maximum atomic E-state index is 5.44. The van der Waals surface area contributed by atoms with Crippen molar-refractivity contribution in [2.75, 3.05) is 5.73 Å². The fraction of sp³-hybridized carbons (Fsp3) is 0.143. The van der Waals surface area contributed by atoms with Crippen LogP contribution >= 0.6 is 0 Å². The van der Waals surface area contributed by atoms with Gasteiger partial charge in [-0.2, -0.15) is 0 Å². The van der Waals surface area contributed by atoms with E-state index in [4.69, 9.17) is 11.5 Å². The quantitative estimate of drug-likeness (QED) is 0.438. The summed E-state index contributed by atoms with van der Waals surface area (Å²) in [7, 11) is 0. The summed E-state index contributed by atoms with van der Waals surface area (Å²) < 4.78 is 0. The summed E-state index contributed by atoms with van der Waals surface area (Å²) in [4.78, 5) is 0. The maximum absolute atomic E-state index is 5.44. The Hall–Kier alpha value is -0.440. The highest BCUT2D eigenvalue weighted by Crippen LogP contribution is 2.03. The average Bonchev–Trinajstić information content (AvgIpc) is 1.90. The Bertz CT molecular complexity index is 186. The standard InChI is InChI=1S/C7H10N2.2ClH/c8-5-6-1-3-7(9)4-2-6;;/h1-4H,5,8-9H2;2*1H/p-2. The third-order valence-corrected chi connectivity index (χ3v) is 1.22. The molecule has 0 bridgehead atoms. The second-order valence-electron chi connectivity index (χ2n) is 1.95. The number of nitrogens with two attached hydrogens (primary N) is 2. The highest BCUT2D eigenvalue weighted by molar-refractivity contribution is 5.39. The van der Waals surface area contributed by atoms with Gasteiger partial charge in [0.15, 0.2) is 0 Å². The molecule has 0 saturated carbocycles. The van der Waals surface area contributed by atoms with Crippen LogP contribution in [0.1, 0.15) is 5.56 Å². The molecular formula is C7H10Cl2N2-2. The van der Waals surface area contributed by atoms with Crippen molar-refractivity contribution in [3.05, 3.63) is 29.8 Å². The van der Waals surface area contributed by atoms with Gasteiger partial charge in [-0.25, -0.2) is 0 Å². The van der Waals surface area contributed by atoms with Gasteiger partial charge in [0.2, 0.25) is 0 Å². The molecule has 1 aromatic carbocycles. The van der Waals surface area contributed by atoms with Crippen LogP contribution in [0.2, 0.25) is 0 Å². The van der Waals surface area contributed by atoms with Gasteiger partial charge in [0.1, 0.15) is 0 Å². The van der Waals surface area contributed by atoms with Crippen LogP contribution in [0.3, 0.4) is 0 Å². The largest absolute Gasteiger partial charge is 1.00 e. The van der Waals surface area contributed by atoms with E-state index in [1.54, 1.807) is 0 Å². The van der Waals surface area contributed by atoms with E-state index in [1.165, 1.54) is 0 Å². The molecule has 0 aliphatic rings. The lowest BCUT2D eigenvalue weighted by Gasteiger charge is -1.94. The number of hydrogen-bond acceptors (Lipinski definition) is 2. The number of anilines is 1. The van der Waals surface area contributed by atoms with Gasteiger partial charge in [-0.05, 0) is 17.7 Å². The van der Waals surface area contributed by atoms with E-state index in [1.807, 2.05) is 24.3 Å². The van der Waals surface area contributed by atoms with Crippen molar-refractivity contribution < 1.29 is 24.8 Å². The molecule has 0 aliphatic carbocycles. The molecule has 1 rings (SSSR count). The van der Waals surface area contributed by atoms with Crippen molar-refractivity contribution >= 4 is 5.69 Å². The zero-order chi connectivity index (χ0) is 6.69. The van der Waals surface area contributed by atoms with Crippen LogP contribution in [0.25, 0.3) is 0 Å². The van der Waals surface area contributed by atoms with Crippen molar-refractivity contribution in [1.29, 1.82) is 0 Å². The fourth-order valence-corrected chi connectivity index (χ4v) is 0.654. The highest BCUT2D eigenvalue weighted by atomic mass is 35.5. The molecule has 0 radical (unpaired) electrons. The minimum atomic E-state index is 0. The predicted octanol–water partition coefficient (Wildman–Crippen LogP) is -5.26. The Morgan fingerprint density at radius 1 is 1.00 bits per heavy atom. The van der Waals surface area contributed by atoms with Gasteiger partial charge in [0, 0.05) is 12.2 Å². The lowest BCUT2D eigenvalue weighted by Crippen LogP contribution is -3.00. The lowest BCUT2D eigenvalue weighted by atomic mass is 10.2. The van der Waals surface area contributed by atoms with Gasteiger partial charge in [-0.15, -0.1) is 0 Å². The summed E-state index contributed by atoms with van der Waals surface area (Å²) in [5, 5.41) is 0. The van der Waals surface area contributed by atoms with Gasteiger partial charge >= 0.3 is 0 Å². The zero-order valence-electron chi connectivity index (χ0n) is 5.93. The first-order valence-corrected chi connectivity index (χ1v) is 2.87. The van der Waals surface area contributed by atoms with E-state index < -0.39 is 0 Å². The zero-order valence-corrected chi connectivity index (χ0v) is 7.44. The molecule has 4 N–H and O–H groups in total. The number of benzene rings is 1. The molecule has 0 aliphatic heterocycles. The van der Waals surface area contributed by atoms with E-state index >= 15 is 0 Å². The maximum Gasteiger partial charge on any atom is 0.0314 e. The molecule has 0 fully saturated rings. The Labute approximate surface area is 78.8 Å². The van der Waals surface area contributed by atoms with Crippen LogP contribution in [0.15, 0.2) is 24.3 Å². The van der Waals surface area contributed by atoms with Crippen molar-refractivity contribution in [2.45, 2.75) is 6.54 Å². The van der Waals surface area contributed by atoms with E-state index in [2.05, 4.69) is 0 Å². The van der Waals surface area contributed by atoms with Gasteiger partial charge in [0.05, 0.1) is 0 Å². The van der Waals surface area contributed by atoms with Crippen LogP contribution in [0, 0.1) is 0 Å². The predicted molar refractivity (Wildman–Crippen MR) is 38.7 cm³/mol. The first-order valence-electron chi connectivity index (χ1n) is 2.87. The van der Waals surface area contributed by atoms with Crippen LogP contribution < -0.4 is 36.3 Å². The molecule has 0 saturated heterocycles. The topological polar surface area (TPSA) is 52.0 Å². The van der Waals surface area contributed by atoms with Crippen LogP contribution in [-0.2, 0) is 6.54 Å². The lowest BCUT2D eigenvalue weighted by molar-refractivity contribution is -0.001000. The smallest absolute Gasteiger partial charge is 0.0314 e. The summed E-state index contributed by atoms with van der Waals surface area (Å²) in [6, 6.07) is 7.55. The number of nitrogen functional groups attached to an aromatic ring is 1. The highest BCUT2D eigenvalue weighted by Gasteiger charge is 1.85. The van der Waals surface area contributed by atoms with Crippen LogP contribution in [0.4, 0.5) is 5.69 Å². The molecule has 0 aromatic heterocycles. The molecular weight excluding hydrogens is 183 g/mol. The number of halogens is 2. The Morgan fingerprint density at radius 2 is 1.45 bits per heavy atom. The third kappa shape index (κ3) is 4.09. The van der Waals surface area contributed by atoms with Crippen molar-refractivity contribution in [1.82, 2.24) is 0 Å². The molecule has 0 spiro atoms. The summed E-state index contributed by atoms with van der Waals surface area (Å²) in [6.07, 6.45) is 0. The van der Waals surface area contributed by atoms with Crippen molar-refractivity contribution in [3.63, 3.8) is 0 Å². The van der Waals surface area contributed by atoms with Crippen molar-refractivity contribution in [2.24, 2.45) is 5.73 Å². The second kappa shape index (κ2) is 6.28. The van der Waals surface area contributed by atoms with Gasteiger partial charge in [0.25, 0.3) is 0 Å². The van der Waals surface area contributed by atoms with E-state index in [0.29, 0.717) is 6.54 Å². The summed E-state index contributed by atoms with van der Waals surface area (Å²) in [6.45, 7) is 0.584. The minimum Gasteiger partial charge on any atom is -1.00 e. The molecule has 1 aromatic rings. The molecule has 64 valence electrons. The van der Waals surface area contributed by atoms with E-state index in [0.717, 1.165) is 11.3 Å². The Balaban J connectivity index is 0. The van der Waals surface area contributed by atoms with E-state index in [9.17, 15) is 0 Å². The number of rotatable bonds is 1. The molecule has 0 heterocycles. The third-order valence-electron chi connectivity index (χ3n) is 1.22. The van der Waals surface area contributed by atoms with Crippen LogP contribution in [-0.4, -0.2) is 0 Å². The summed E-state index contributed by atoms with van der Waals surface area (Å²) >= 11 is 0. The molecule has 0 atom stereocenters. The second-order valence-corrected chi connectivity index (χ2v) is 1.95. The Kier molecular flexibility index (Phi) is 7.52. The minimum absolute atomic E-state index is 0. The molecule has 0 amide bonds. The fourth-order valence-electron chi connectivity index (χ4n) is 0.654. The number of hydrogen-bond donors (Lipinski definition) is 2. The summed E-state index contributed by atoms with van der Waals surface area (Å²) in [5.74, 6) is 0. The normalized spacial score (nSPS) is 7.73. The SMILES string of the molecule is NCc1ccc(N)cc1.[Cl-].[Cl-]. The molecule has 0 unspecified atom stereocenters. The first kappa shape index (κ1) is 13.2. The van der Waals surface area contributed by atoms with E-state index in [-0.39, 0.29) is 24.8 Å².